The van der Waals surface area contributed by atoms with Crippen molar-refractivity contribution in [1.29, 1.82) is 0 Å². The minimum atomic E-state index is 0.00738. The Morgan fingerprint density at radius 3 is 2.84 bits per heavy atom. The number of halogens is 1. The number of oxazole rings is 1. The van der Waals surface area contributed by atoms with Gasteiger partial charge in [0.15, 0.2) is 5.76 Å². The van der Waals surface area contributed by atoms with E-state index in [0.29, 0.717) is 35.3 Å². The van der Waals surface area contributed by atoms with Crippen LogP contribution in [0.5, 0.6) is 0 Å². The van der Waals surface area contributed by atoms with E-state index >= 15 is 0 Å². The van der Waals surface area contributed by atoms with Crippen molar-refractivity contribution in [2.24, 2.45) is 0 Å². The number of carbonyl (C=O) groups excluding carboxylic acids is 1. The zero-order chi connectivity index (χ0) is 21.2. The first-order chi connectivity index (χ1) is 15.2. The van der Waals surface area contributed by atoms with Crippen LogP contribution in [-0.4, -0.2) is 17.4 Å². The lowest BCUT2D eigenvalue weighted by Gasteiger charge is -2.18. The van der Waals surface area contributed by atoms with Gasteiger partial charge in [-0.25, -0.2) is 4.98 Å². The lowest BCUT2D eigenvalue weighted by molar-refractivity contribution is 0.0989. The second-order valence-electron chi connectivity index (χ2n) is 7.40. The SMILES string of the molecule is O=C(c1cccc(NCc2ncc(-c3cccc(Cl)c3)o2)c1)N1CCc2ccccc21. The average Bonchev–Trinajstić information content (AvgIpc) is 3.45. The number of para-hydroxylation sites is 1. The number of hydrogen-bond acceptors (Lipinski definition) is 4. The molecule has 0 unspecified atom stereocenters. The van der Waals surface area contributed by atoms with Gasteiger partial charge in [-0.3, -0.25) is 4.79 Å². The van der Waals surface area contributed by atoms with E-state index in [0.717, 1.165) is 23.4 Å². The third kappa shape index (κ3) is 4.05. The van der Waals surface area contributed by atoms with Gasteiger partial charge in [0.2, 0.25) is 5.89 Å². The minimum absolute atomic E-state index is 0.00738. The number of amides is 1. The van der Waals surface area contributed by atoms with Crippen molar-refractivity contribution in [3.05, 3.63) is 101 Å². The maximum Gasteiger partial charge on any atom is 0.258 e. The van der Waals surface area contributed by atoms with Gasteiger partial charge in [-0.15, -0.1) is 0 Å². The van der Waals surface area contributed by atoms with Crippen molar-refractivity contribution >= 4 is 28.9 Å². The summed E-state index contributed by atoms with van der Waals surface area (Å²) in [6.07, 6.45) is 2.58. The normalized spacial score (nSPS) is 12.6. The molecule has 1 aliphatic rings. The number of fused-ring (bicyclic) bond motifs is 1. The summed E-state index contributed by atoms with van der Waals surface area (Å²) in [6.45, 7) is 1.11. The Labute approximate surface area is 185 Å². The molecule has 5 rings (SSSR count). The van der Waals surface area contributed by atoms with E-state index in [1.807, 2.05) is 71.6 Å². The van der Waals surface area contributed by atoms with Gasteiger partial charge in [0.25, 0.3) is 5.91 Å². The molecule has 31 heavy (non-hydrogen) atoms. The summed E-state index contributed by atoms with van der Waals surface area (Å²) in [7, 11) is 0. The largest absolute Gasteiger partial charge is 0.439 e. The molecule has 0 spiro atoms. The summed E-state index contributed by atoms with van der Waals surface area (Å²) < 4.78 is 5.84. The highest BCUT2D eigenvalue weighted by Gasteiger charge is 2.25. The predicted molar refractivity (Wildman–Crippen MR) is 123 cm³/mol. The fourth-order valence-corrected chi connectivity index (χ4v) is 4.00. The maximum absolute atomic E-state index is 13.1. The topological polar surface area (TPSA) is 58.4 Å². The van der Waals surface area contributed by atoms with E-state index in [4.69, 9.17) is 16.0 Å². The van der Waals surface area contributed by atoms with Crippen LogP contribution in [-0.2, 0) is 13.0 Å². The third-order valence-electron chi connectivity index (χ3n) is 5.35. The van der Waals surface area contributed by atoms with Gasteiger partial charge in [0.05, 0.1) is 12.7 Å². The van der Waals surface area contributed by atoms with Gasteiger partial charge in [-0.1, -0.05) is 48.0 Å². The van der Waals surface area contributed by atoms with Gasteiger partial charge in [-0.05, 0) is 48.4 Å². The van der Waals surface area contributed by atoms with Gasteiger partial charge in [0.1, 0.15) is 0 Å². The lowest BCUT2D eigenvalue weighted by Crippen LogP contribution is -2.28. The van der Waals surface area contributed by atoms with Crippen molar-refractivity contribution in [1.82, 2.24) is 4.98 Å². The summed E-state index contributed by atoms with van der Waals surface area (Å²) in [5.74, 6) is 1.23. The number of nitrogens with zero attached hydrogens (tertiary/aromatic N) is 2. The third-order valence-corrected chi connectivity index (χ3v) is 5.58. The number of anilines is 2. The summed E-state index contributed by atoms with van der Waals surface area (Å²) in [5, 5.41) is 3.94. The number of carbonyl (C=O) groups is 1. The molecule has 0 saturated carbocycles. The van der Waals surface area contributed by atoms with E-state index in [-0.39, 0.29) is 5.91 Å². The smallest absolute Gasteiger partial charge is 0.258 e. The Balaban J connectivity index is 1.28. The van der Waals surface area contributed by atoms with Crippen LogP contribution in [0, 0.1) is 0 Å². The number of hydrogen-bond donors (Lipinski definition) is 1. The molecular formula is C25H20ClN3O2. The molecule has 1 aliphatic heterocycles. The quantitative estimate of drug-likeness (QED) is 0.435. The second kappa shape index (κ2) is 8.28. The highest BCUT2D eigenvalue weighted by molar-refractivity contribution is 6.30. The fourth-order valence-electron chi connectivity index (χ4n) is 3.81. The summed E-state index contributed by atoms with van der Waals surface area (Å²) in [5.41, 5.74) is 4.57. The molecule has 3 aromatic carbocycles. The Hall–Kier alpha value is -3.57. The average molecular weight is 430 g/mol. The highest BCUT2D eigenvalue weighted by atomic mass is 35.5. The maximum atomic E-state index is 13.1. The zero-order valence-electron chi connectivity index (χ0n) is 16.7. The molecule has 1 amide bonds. The molecule has 0 aliphatic carbocycles. The number of nitrogens with one attached hydrogen (secondary N) is 1. The Bertz CT molecular complexity index is 1250. The van der Waals surface area contributed by atoms with Crippen molar-refractivity contribution in [2.45, 2.75) is 13.0 Å². The molecule has 0 radical (unpaired) electrons. The van der Waals surface area contributed by atoms with Crippen LogP contribution < -0.4 is 10.2 Å². The van der Waals surface area contributed by atoms with Crippen LogP contribution in [0.15, 0.2) is 83.4 Å². The number of rotatable bonds is 5. The molecule has 5 nitrogen and oxygen atoms in total. The van der Waals surface area contributed by atoms with Gasteiger partial charge < -0.3 is 14.6 Å². The molecular weight excluding hydrogens is 410 g/mol. The van der Waals surface area contributed by atoms with E-state index in [1.54, 1.807) is 6.20 Å². The van der Waals surface area contributed by atoms with Crippen LogP contribution >= 0.6 is 11.6 Å². The van der Waals surface area contributed by atoms with Crippen molar-refractivity contribution in [3.63, 3.8) is 0 Å². The van der Waals surface area contributed by atoms with Crippen LogP contribution in [0.1, 0.15) is 21.8 Å². The molecule has 154 valence electrons. The first-order valence-corrected chi connectivity index (χ1v) is 10.5. The van der Waals surface area contributed by atoms with Gasteiger partial charge >= 0.3 is 0 Å². The number of aromatic nitrogens is 1. The van der Waals surface area contributed by atoms with Gasteiger partial charge in [0, 0.05) is 34.1 Å². The van der Waals surface area contributed by atoms with Gasteiger partial charge in [-0.2, -0.15) is 0 Å². The van der Waals surface area contributed by atoms with E-state index in [9.17, 15) is 4.79 Å². The summed E-state index contributed by atoms with van der Waals surface area (Å²) in [6, 6.07) is 23.0. The standard InChI is InChI=1S/C25H20ClN3O2/c26-20-8-3-6-18(13-20)23-15-28-24(31-23)16-27-21-9-4-7-19(14-21)25(30)29-12-11-17-5-1-2-10-22(17)29/h1-10,13-15,27H,11-12,16H2. The molecule has 1 aromatic heterocycles. The monoisotopic (exact) mass is 429 g/mol. The van der Waals surface area contributed by atoms with E-state index < -0.39 is 0 Å². The van der Waals surface area contributed by atoms with Crippen LogP contribution in [0.4, 0.5) is 11.4 Å². The van der Waals surface area contributed by atoms with E-state index in [2.05, 4.69) is 16.4 Å². The first kappa shape index (κ1) is 19.4. The van der Waals surface area contributed by atoms with Crippen molar-refractivity contribution < 1.29 is 9.21 Å². The predicted octanol–water partition coefficient (Wildman–Crippen LogP) is 5.81. The lowest BCUT2D eigenvalue weighted by atomic mass is 10.1. The molecule has 6 heteroatoms. The Morgan fingerprint density at radius 1 is 1.06 bits per heavy atom. The summed E-state index contributed by atoms with van der Waals surface area (Å²) in [4.78, 5) is 19.3. The molecule has 0 saturated heterocycles. The molecule has 0 atom stereocenters. The molecule has 2 heterocycles. The summed E-state index contributed by atoms with van der Waals surface area (Å²) >= 11 is 6.05. The van der Waals surface area contributed by atoms with Crippen LogP contribution in [0.2, 0.25) is 5.02 Å². The fraction of sp³-hybridized carbons (Fsp3) is 0.120. The molecule has 0 bridgehead atoms. The van der Waals surface area contributed by atoms with Crippen LogP contribution in [0.3, 0.4) is 0 Å². The van der Waals surface area contributed by atoms with Crippen molar-refractivity contribution in [3.8, 4) is 11.3 Å². The zero-order valence-corrected chi connectivity index (χ0v) is 17.5. The number of benzene rings is 3. The Kier molecular flexibility index (Phi) is 5.18. The molecule has 4 aromatic rings. The van der Waals surface area contributed by atoms with Crippen LogP contribution in [0.25, 0.3) is 11.3 Å². The van der Waals surface area contributed by atoms with E-state index in [1.165, 1.54) is 5.56 Å². The molecule has 1 N–H and O–H groups in total. The Morgan fingerprint density at radius 2 is 1.94 bits per heavy atom. The second-order valence-corrected chi connectivity index (χ2v) is 7.83. The first-order valence-electron chi connectivity index (χ1n) is 10.1. The van der Waals surface area contributed by atoms with Crippen molar-refractivity contribution in [2.75, 3.05) is 16.8 Å². The minimum Gasteiger partial charge on any atom is -0.439 e. The highest BCUT2D eigenvalue weighted by Crippen LogP contribution is 2.29. The molecule has 0 fully saturated rings.